The molecule has 1 aromatic carbocycles. The van der Waals surface area contributed by atoms with Crippen LogP contribution in [0.4, 0.5) is 26.3 Å². The van der Waals surface area contributed by atoms with Crippen LogP contribution in [0.3, 0.4) is 0 Å². The van der Waals surface area contributed by atoms with Gasteiger partial charge in [-0.05, 0) is 37.0 Å². The summed E-state index contributed by atoms with van der Waals surface area (Å²) in [5.41, 5.74) is 1.31. The first-order chi connectivity index (χ1) is 12.3. The Hall–Kier alpha value is -2.26. The van der Waals surface area contributed by atoms with Crippen LogP contribution in [-0.4, -0.2) is 29.8 Å². The van der Waals surface area contributed by atoms with Crippen molar-refractivity contribution in [3.63, 3.8) is 0 Å². The van der Waals surface area contributed by atoms with Gasteiger partial charge in [-0.3, -0.25) is 9.59 Å². The molecule has 2 N–H and O–H groups in total. The minimum absolute atomic E-state index is 0.0337. The molecule has 1 fully saturated rings. The zero-order valence-electron chi connectivity index (χ0n) is 14.3. The van der Waals surface area contributed by atoms with Crippen molar-refractivity contribution in [1.82, 2.24) is 4.90 Å². The molecule has 4 nitrogen and oxygen atoms in total. The Kier molecular flexibility index (Phi) is 5.77. The molecule has 1 saturated carbocycles. The third-order valence-electron chi connectivity index (χ3n) is 4.28. The summed E-state index contributed by atoms with van der Waals surface area (Å²) in [6, 6.07) is 0.757. The van der Waals surface area contributed by atoms with Crippen LogP contribution in [-0.2, 0) is 17.1 Å². The van der Waals surface area contributed by atoms with Crippen LogP contribution >= 0.6 is 0 Å². The smallest absolute Gasteiger partial charge is 0.369 e. The average Bonchev–Trinajstić information content (AvgIpc) is 3.35. The second-order valence-corrected chi connectivity index (χ2v) is 6.75. The molecular weight excluding hydrogens is 378 g/mol. The third kappa shape index (κ3) is 5.61. The fourth-order valence-electron chi connectivity index (χ4n) is 2.53. The summed E-state index contributed by atoms with van der Waals surface area (Å²) in [6.45, 7) is 1.40. The molecule has 0 spiro atoms. The summed E-state index contributed by atoms with van der Waals surface area (Å²) in [7, 11) is 0. The molecule has 0 saturated heterocycles. The maximum absolute atomic E-state index is 13.0. The highest BCUT2D eigenvalue weighted by molar-refractivity contribution is 5.95. The highest BCUT2D eigenvalue weighted by atomic mass is 19.4. The summed E-state index contributed by atoms with van der Waals surface area (Å²) >= 11 is 0. The van der Waals surface area contributed by atoms with E-state index in [1.54, 1.807) is 0 Å². The fourth-order valence-corrected chi connectivity index (χ4v) is 2.53. The largest absolute Gasteiger partial charge is 0.416 e. The van der Waals surface area contributed by atoms with E-state index in [0.29, 0.717) is 12.1 Å². The van der Waals surface area contributed by atoms with Gasteiger partial charge < -0.3 is 10.6 Å². The Morgan fingerprint density at radius 1 is 1.07 bits per heavy atom. The van der Waals surface area contributed by atoms with Gasteiger partial charge in [0, 0.05) is 18.7 Å². The first-order valence-electron chi connectivity index (χ1n) is 8.17. The Morgan fingerprint density at radius 2 is 1.56 bits per heavy atom. The number of rotatable bonds is 6. The average molecular weight is 396 g/mol. The minimum atomic E-state index is -5.04. The number of hydrogen-bond acceptors (Lipinski definition) is 2. The Labute approximate surface area is 151 Å². The van der Waals surface area contributed by atoms with E-state index in [0.717, 1.165) is 17.7 Å². The molecule has 27 heavy (non-hydrogen) atoms. The van der Waals surface area contributed by atoms with Crippen LogP contribution in [0.15, 0.2) is 18.2 Å². The number of carbonyl (C=O) groups excluding carboxylic acids is 2. The quantitative estimate of drug-likeness (QED) is 0.746. The van der Waals surface area contributed by atoms with Gasteiger partial charge in [-0.25, -0.2) is 0 Å². The van der Waals surface area contributed by atoms with Crippen molar-refractivity contribution < 1.29 is 35.9 Å². The molecule has 2 amide bonds. The number of amides is 2. The van der Waals surface area contributed by atoms with Crippen molar-refractivity contribution in [2.45, 2.75) is 32.1 Å². The van der Waals surface area contributed by atoms with Crippen molar-refractivity contribution in [1.29, 1.82) is 0 Å². The van der Waals surface area contributed by atoms with E-state index in [1.165, 1.54) is 6.92 Å². The minimum Gasteiger partial charge on any atom is -0.369 e. The molecule has 0 aliphatic heterocycles. The van der Waals surface area contributed by atoms with Crippen molar-refractivity contribution in [2.75, 3.05) is 13.1 Å². The molecule has 0 radical (unpaired) electrons. The fraction of sp³-hybridized carbons (Fsp3) is 0.529. The van der Waals surface area contributed by atoms with Crippen molar-refractivity contribution in [3.05, 3.63) is 34.9 Å². The van der Waals surface area contributed by atoms with Gasteiger partial charge in [0.15, 0.2) is 0 Å². The van der Waals surface area contributed by atoms with Crippen LogP contribution in [0.5, 0.6) is 0 Å². The van der Waals surface area contributed by atoms with E-state index < -0.39 is 46.8 Å². The van der Waals surface area contributed by atoms with Gasteiger partial charge in [0.1, 0.15) is 0 Å². The standard InChI is InChI=1S/C17H18F6N2O2/c1-9(14(24)26)7-25(8-10-2-3-10)15(27)11-4-12(16(18,19)20)6-13(5-11)17(21,22)23/h4-6,9-10H,2-3,7-8H2,1H3,(H2,24,26). The predicted octanol–water partition coefficient (Wildman–Crippen LogP) is 3.70. The summed E-state index contributed by atoms with van der Waals surface area (Å²) in [5.74, 6) is -2.39. The van der Waals surface area contributed by atoms with E-state index in [1.807, 2.05) is 0 Å². The lowest BCUT2D eigenvalue weighted by atomic mass is 10.0. The monoisotopic (exact) mass is 396 g/mol. The number of halogens is 6. The molecule has 0 bridgehead atoms. The zero-order valence-corrected chi connectivity index (χ0v) is 14.3. The molecule has 1 unspecified atom stereocenters. The van der Waals surface area contributed by atoms with E-state index in [2.05, 4.69) is 0 Å². The maximum atomic E-state index is 13.0. The van der Waals surface area contributed by atoms with E-state index >= 15 is 0 Å². The van der Waals surface area contributed by atoms with Gasteiger partial charge in [0.05, 0.1) is 17.0 Å². The lowest BCUT2D eigenvalue weighted by molar-refractivity contribution is -0.143. The molecule has 1 aliphatic rings. The predicted molar refractivity (Wildman–Crippen MR) is 83.4 cm³/mol. The molecule has 2 rings (SSSR count). The Balaban J connectivity index is 2.42. The lowest BCUT2D eigenvalue weighted by Gasteiger charge is -2.26. The summed E-state index contributed by atoms with van der Waals surface area (Å²) in [4.78, 5) is 25.0. The van der Waals surface area contributed by atoms with Crippen molar-refractivity contribution in [3.8, 4) is 0 Å². The van der Waals surface area contributed by atoms with Gasteiger partial charge in [0.2, 0.25) is 5.91 Å². The molecular formula is C17H18F6N2O2. The molecule has 150 valence electrons. The van der Waals surface area contributed by atoms with Gasteiger partial charge in [-0.15, -0.1) is 0 Å². The van der Waals surface area contributed by atoms with E-state index in [-0.39, 0.29) is 25.1 Å². The molecule has 1 atom stereocenters. The third-order valence-corrected chi connectivity index (χ3v) is 4.28. The summed E-state index contributed by atoms with van der Waals surface area (Å²) in [5, 5.41) is 0. The normalized spacial score (nSPS) is 16.1. The SMILES string of the molecule is CC(CN(CC1CC1)C(=O)c1cc(C(F)(F)F)cc(C(F)(F)F)c1)C(N)=O. The number of primary amides is 1. The van der Waals surface area contributed by atoms with Gasteiger partial charge in [-0.2, -0.15) is 26.3 Å². The van der Waals surface area contributed by atoms with Crippen molar-refractivity contribution in [2.24, 2.45) is 17.6 Å². The summed E-state index contributed by atoms with van der Waals surface area (Å²) < 4.78 is 77.9. The number of carbonyl (C=O) groups is 2. The zero-order chi connectivity index (χ0) is 20.6. The number of hydrogen-bond donors (Lipinski definition) is 1. The van der Waals surface area contributed by atoms with Crippen molar-refractivity contribution >= 4 is 11.8 Å². The van der Waals surface area contributed by atoms with Gasteiger partial charge >= 0.3 is 12.4 Å². The maximum Gasteiger partial charge on any atom is 0.416 e. The van der Waals surface area contributed by atoms with Crippen LogP contribution < -0.4 is 5.73 Å². The molecule has 1 aromatic rings. The Morgan fingerprint density at radius 3 is 1.93 bits per heavy atom. The van der Waals surface area contributed by atoms with Gasteiger partial charge in [0.25, 0.3) is 5.91 Å². The highest BCUT2D eigenvalue weighted by Gasteiger charge is 2.38. The van der Waals surface area contributed by atoms with Crippen LogP contribution in [0.2, 0.25) is 0 Å². The first kappa shape index (κ1) is 21.0. The topological polar surface area (TPSA) is 63.4 Å². The molecule has 0 aromatic heterocycles. The second-order valence-electron chi connectivity index (χ2n) is 6.75. The number of nitrogens with zero attached hydrogens (tertiary/aromatic N) is 1. The lowest BCUT2D eigenvalue weighted by Crippen LogP contribution is -2.40. The Bertz CT molecular complexity index is 693. The summed E-state index contributed by atoms with van der Waals surface area (Å²) in [6.07, 6.45) is -8.49. The molecule has 0 heterocycles. The first-order valence-corrected chi connectivity index (χ1v) is 8.17. The van der Waals surface area contributed by atoms with Gasteiger partial charge in [-0.1, -0.05) is 6.92 Å². The van der Waals surface area contributed by atoms with Crippen LogP contribution in [0.1, 0.15) is 41.3 Å². The van der Waals surface area contributed by atoms with Crippen LogP contribution in [0, 0.1) is 11.8 Å². The number of benzene rings is 1. The van der Waals surface area contributed by atoms with Crippen LogP contribution in [0.25, 0.3) is 0 Å². The number of alkyl halides is 6. The molecule has 10 heteroatoms. The van der Waals surface area contributed by atoms with E-state index in [9.17, 15) is 35.9 Å². The van der Waals surface area contributed by atoms with E-state index in [4.69, 9.17) is 5.73 Å². The molecule has 1 aliphatic carbocycles. The second kappa shape index (κ2) is 7.40. The number of nitrogens with two attached hydrogens (primary N) is 1. The highest BCUT2D eigenvalue weighted by Crippen LogP contribution is 2.37.